The van der Waals surface area contributed by atoms with Gasteiger partial charge in [-0.15, -0.1) is 0 Å². The van der Waals surface area contributed by atoms with Gasteiger partial charge in [0, 0.05) is 21.5 Å². The molecule has 0 atom stereocenters. The van der Waals surface area contributed by atoms with Gasteiger partial charge in [-0.3, -0.25) is 0 Å². The van der Waals surface area contributed by atoms with Gasteiger partial charge < -0.3 is 18.9 Å². The lowest BCUT2D eigenvalue weighted by Crippen LogP contribution is -2.14. The van der Waals surface area contributed by atoms with Crippen LogP contribution < -0.4 is 18.9 Å². The van der Waals surface area contributed by atoms with Crippen molar-refractivity contribution in [1.82, 2.24) is 0 Å². The van der Waals surface area contributed by atoms with Crippen molar-refractivity contribution in [3.8, 4) is 34.1 Å². The molecule has 0 unspecified atom stereocenters. The van der Waals surface area contributed by atoms with E-state index in [4.69, 9.17) is 18.9 Å². The molecule has 0 N–H and O–H groups in total. The zero-order chi connectivity index (χ0) is 35.6. The summed E-state index contributed by atoms with van der Waals surface area (Å²) in [6.07, 6.45) is -0.0203. The molecule has 0 aliphatic heterocycles. The third-order valence-corrected chi connectivity index (χ3v) is 9.40. The van der Waals surface area contributed by atoms with Crippen LogP contribution in [0.3, 0.4) is 0 Å². The van der Waals surface area contributed by atoms with Crippen LogP contribution in [0.5, 0.6) is 23.0 Å². The van der Waals surface area contributed by atoms with E-state index in [1.54, 1.807) is 48.5 Å². The average molecular weight is 683 g/mol. The summed E-state index contributed by atoms with van der Waals surface area (Å²) in [7, 11) is 0. The molecule has 0 aliphatic rings. The zero-order valence-corrected chi connectivity index (χ0v) is 28.7. The Balaban J connectivity index is 1.41. The number of benzene rings is 8. The molecule has 0 aromatic heterocycles. The molecule has 6 nitrogen and oxygen atoms in total. The Morgan fingerprint density at radius 2 is 0.731 bits per heavy atom. The molecule has 8 rings (SSSR count). The SMILES string of the molecule is CCc1ccc2c(OC(=O)Oc3ccccc3)c3ccccc3c(-c3c4ccccc4c(OC(=O)Oc4ccccc4)c4ccc(CC)cc34)c2c1. The normalized spacial score (nSPS) is 11.2. The second kappa shape index (κ2) is 13.9. The molecule has 0 bridgehead atoms. The molecule has 0 saturated carbocycles. The minimum Gasteiger partial charge on any atom is -0.395 e. The Morgan fingerprint density at radius 3 is 1.12 bits per heavy atom. The molecular weight excluding hydrogens is 648 g/mol. The quantitative estimate of drug-likeness (QED) is 0.0946. The van der Waals surface area contributed by atoms with Crippen molar-refractivity contribution < 1.29 is 28.5 Å². The van der Waals surface area contributed by atoms with E-state index < -0.39 is 12.3 Å². The maximum atomic E-state index is 13.3. The third-order valence-electron chi connectivity index (χ3n) is 9.40. The first kappa shape index (κ1) is 32.5. The van der Waals surface area contributed by atoms with Crippen LogP contribution in [0.4, 0.5) is 9.59 Å². The van der Waals surface area contributed by atoms with Crippen molar-refractivity contribution in [2.45, 2.75) is 26.7 Å². The monoisotopic (exact) mass is 682 g/mol. The minimum absolute atomic E-state index is 0.394. The van der Waals surface area contributed by atoms with Gasteiger partial charge in [0.2, 0.25) is 0 Å². The molecule has 254 valence electrons. The lowest BCUT2D eigenvalue weighted by atomic mass is 9.84. The summed E-state index contributed by atoms with van der Waals surface area (Å²) in [5, 5.41) is 6.70. The smallest absolute Gasteiger partial charge is 0.395 e. The van der Waals surface area contributed by atoms with Crippen LogP contribution in [0.15, 0.2) is 146 Å². The van der Waals surface area contributed by atoms with Crippen molar-refractivity contribution in [1.29, 1.82) is 0 Å². The molecule has 6 heteroatoms. The average Bonchev–Trinajstić information content (AvgIpc) is 3.18. The highest BCUT2D eigenvalue weighted by molar-refractivity contribution is 6.27. The molecule has 0 spiro atoms. The fraction of sp³-hybridized carbons (Fsp3) is 0.0870. The van der Waals surface area contributed by atoms with E-state index in [1.165, 1.54) is 0 Å². The van der Waals surface area contributed by atoms with Gasteiger partial charge in [0.05, 0.1) is 0 Å². The number of rotatable bonds is 7. The van der Waals surface area contributed by atoms with Gasteiger partial charge in [-0.1, -0.05) is 135 Å². The van der Waals surface area contributed by atoms with E-state index in [0.717, 1.165) is 78.2 Å². The maximum absolute atomic E-state index is 13.3. The van der Waals surface area contributed by atoms with Crippen LogP contribution in [-0.2, 0) is 12.8 Å². The van der Waals surface area contributed by atoms with Crippen LogP contribution in [0.2, 0.25) is 0 Å². The van der Waals surface area contributed by atoms with Crippen molar-refractivity contribution >= 4 is 55.4 Å². The van der Waals surface area contributed by atoms with Gasteiger partial charge in [-0.2, -0.15) is 0 Å². The van der Waals surface area contributed by atoms with E-state index >= 15 is 0 Å². The number of hydrogen-bond acceptors (Lipinski definition) is 6. The number of ether oxygens (including phenoxy) is 4. The van der Waals surface area contributed by atoms with Crippen LogP contribution in [0, 0.1) is 0 Å². The predicted octanol–water partition coefficient (Wildman–Crippen LogP) is 12.2. The summed E-state index contributed by atoms with van der Waals surface area (Å²) in [6.45, 7) is 4.24. The second-order valence-corrected chi connectivity index (χ2v) is 12.5. The van der Waals surface area contributed by atoms with Gasteiger partial charge >= 0.3 is 12.3 Å². The number of carbonyl (C=O) groups is 2. The minimum atomic E-state index is -0.822. The van der Waals surface area contributed by atoms with Crippen molar-refractivity contribution in [3.63, 3.8) is 0 Å². The van der Waals surface area contributed by atoms with Crippen molar-refractivity contribution in [2.24, 2.45) is 0 Å². The highest BCUT2D eigenvalue weighted by atomic mass is 16.7. The van der Waals surface area contributed by atoms with Crippen LogP contribution in [0.1, 0.15) is 25.0 Å². The molecule has 0 saturated heterocycles. The number of hydrogen-bond donors (Lipinski definition) is 0. The Kier molecular flexibility index (Phi) is 8.71. The molecule has 0 heterocycles. The van der Waals surface area contributed by atoms with Gasteiger partial charge in [0.15, 0.2) is 0 Å². The van der Waals surface area contributed by atoms with Crippen LogP contribution >= 0.6 is 0 Å². The maximum Gasteiger partial charge on any atom is 0.519 e. The fourth-order valence-electron chi connectivity index (χ4n) is 6.95. The second-order valence-electron chi connectivity index (χ2n) is 12.5. The summed E-state index contributed by atoms with van der Waals surface area (Å²) >= 11 is 0. The summed E-state index contributed by atoms with van der Waals surface area (Å²) in [5.74, 6) is 1.63. The Hall–Kier alpha value is -6.66. The summed E-state index contributed by atoms with van der Waals surface area (Å²) in [5.41, 5.74) is 4.23. The van der Waals surface area contributed by atoms with Crippen LogP contribution in [-0.4, -0.2) is 12.3 Å². The van der Waals surface area contributed by atoms with Gasteiger partial charge in [-0.25, -0.2) is 9.59 Å². The number of aryl methyl sites for hydroxylation is 2. The van der Waals surface area contributed by atoms with E-state index in [1.807, 2.05) is 60.7 Å². The van der Waals surface area contributed by atoms with E-state index in [2.05, 4.69) is 50.2 Å². The first-order valence-electron chi connectivity index (χ1n) is 17.4. The molecular formula is C46H34O6. The van der Waals surface area contributed by atoms with Gasteiger partial charge in [0.25, 0.3) is 0 Å². The first-order valence-corrected chi connectivity index (χ1v) is 17.4. The van der Waals surface area contributed by atoms with Gasteiger partial charge in [0.1, 0.15) is 23.0 Å². The topological polar surface area (TPSA) is 71.1 Å². The highest BCUT2D eigenvalue weighted by Crippen LogP contribution is 2.50. The fourth-order valence-corrected chi connectivity index (χ4v) is 6.95. The molecule has 52 heavy (non-hydrogen) atoms. The predicted molar refractivity (Wildman–Crippen MR) is 207 cm³/mol. The number of fused-ring (bicyclic) bond motifs is 4. The lowest BCUT2D eigenvalue weighted by molar-refractivity contribution is 0.152. The first-order chi connectivity index (χ1) is 25.5. The molecule has 0 amide bonds. The Labute approximate surface area is 300 Å². The van der Waals surface area contributed by atoms with E-state index in [0.29, 0.717) is 23.0 Å². The van der Waals surface area contributed by atoms with Crippen molar-refractivity contribution in [3.05, 3.63) is 157 Å². The Morgan fingerprint density at radius 1 is 0.385 bits per heavy atom. The summed E-state index contributed by atoms with van der Waals surface area (Å²) < 4.78 is 23.4. The standard InChI is InChI=1S/C46H34O6/c1-3-29-23-25-37-39(27-29)41(33-19-11-13-21-35(33)43(37)51-45(47)49-31-15-7-5-8-16-31)42-34-20-12-14-22-36(34)44(38-26-24-30(4-2)28-40(38)42)52-46(48)50-32-17-9-6-10-18-32/h5-28H,3-4H2,1-2H3. The Bertz CT molecular complexity index is 2450. The number of para-hydroxylation sites is 2. The number of carbonyl (C=O) groups excluding carboxylic acids is 2. The highest BCUT2D eigenvalue weighted by Gasteiger charge is 2.25. The van der Waals surface area contributed by atoms with Crippen LogP contribution in [0.25, 0.3) is 54.2 Å². The van der Waals surface area contributed by atoms with Crippen molar-refractivity contribution in [2.75, 3.05) is 0 Å². The lowest BCUT2D eigenvalue weighted by Gasteiger charge is -2.22. The molecule has 8 aromatic rings. The molecule has 0 fully saturated rings. The zero-order valence-electron chi connectivity index (χ0n) is 28.7. The third kappa shape index (κ3) is 6.05. The molecule has 8 aromatic carbocycles. The van der Waals surface area contributed by atoms with Gasteiger partial charge in [-0.05, 0) is 80.9 Å². The van der Waals surface area contributed by atoms with E-state index in [-0.39, 0.29) is 0 Å². The van der Waals surface area contributed by atoms with E-state index in [9.17, 15) is 9.59 Å². The molecule has 0 radical (unpaired) electrons. The summed E-state index contributed by atoms with van der Waals surface area (Å²) in [4.78, 5) is 26.6. The molecule has 0 aliphatic carbocycles. The largest absolute Gasteiger partial charge is 0.519 e. The summed E-state index contributed by atoms with van der Waals surface area (Å²) in [6, 6.07) is 46.2.